The number of carbonyl (C=O) groups is 1. The van der Waals surface area contributed by atoms with E-state index >= 15 is 0 Å². The molecule has 0 bridgehead atoms. The molecule has 4 nitrogen and oxygen atoms in total. The lowest BCUT2D eigenvalue weighted by molar-refractivity contribution is -0.142. The fourth-order valence-electron chi connectivity index (χ4n) is 5.48. The second-order valence-corrected chi connectivity index (χ2v) is 9.97. The number of hydrogen-bond acceptors (Lipinski definition) is 4. The minimum atomic E-state index is -4.51. The average Bonchev–Trinajstić information content (AvgIpc) is 2.80. The van der Waals surface area contributed by atoms with Crippen LogP contribution in [-0.2, 0) is 22.3 Å². The number of carbonyl (C=O) groups excluding carboxylic acids is 1. The van der Waals surface area contributed by atoms with E-state index in [1.807, 2.05) is 6.07 Å². The predicted molar refractivity (Wildman–Crippen MR) is 126 cm³/mol. The Balaban J connectivity index is 1.59. The Morgan fingerprint density at radius 3 is 2.53 bits per heavy atom. The van der Waals surface area contributed by atoms with E-state index in [9.17, 15) is 18.0 Å². The molecule has 0 amide bonds. The van der Waals surface area contributed by atoms with Crippen molar-refractivity contribution >= 4 is 16.7 Å². The van der Waals surface area contributed by atoms with Crippen LogP contribution in [-0.4, -0.2) is 37.2 Å². The minimum Gasteiger partial charge on any atom is -0.490 e. The van der Waals surface area contributed by atoms with Gasteiger partial charge in [-0.05, 0) is 79.3 Å². The third-order valence-corrected chi connectivity index (χ3v) is 7.33. The van der Waals surface area contributed by atoms with Gasteiger partial charge in [-0.2, -0.15) is 13.2 Å². The highest BCUT2D eigenvalue weighted by atomic mass is 19.4. The third kappa shape index (κ3) is 5.85. The van der Waals surface area contributed by atoms with E-state index in [1.165, 1.54) is 13.2 Å². The van der Waals surface area contributed by atoms with E-state index in [1.54, 1.807) is 18.2 Å². The molecule has 1 unspecified atom stereocenters. The van der Waals surface area contributed by atoms with Crippen molar-refractivity contribution in [3.8, 4) is 5.75 Å². The molecule has 34 heavy (non-hydrogen) atoms. The van der Waals surface area contributed by atoms with Crippen LogP contribution in [0.5, 0.6) is 5.75 Å². The molecule has 0 aromatic heterocycles. The SMILES string of the molecule is COC(=O)CC1CCCN(Cc2cccc3c(C(F)(F)F)c(OC4CCC(C)CC4)ccc23)C1. The van der Waals surface area contributed by atoms with Crippen molar-refractivity contribution in [1.82, 2.24) is 4.90 Å². The lowest BCUT2D eigenvalue weighted by Gasteiger charge is -2.32. The van der Waals surface area contributed by atoms with E-state index in [4.69, 9.17) is 9.47 Å². The Kier molecular flexibility index (Phi) is 7.70. The third-order valence-electron chi connectivity index (χ3n) is 7.33. The number of fused-ring (bicyclic) bond motifs is 1. The normalized spacial score (nSPS) is 24.2. The number of benzene rings is 2. The first-order valence-corrected chi connectivity index (χ1v) is 12.3. The first-order chi connectivity index (χ1) is 16.2. The molecular weight excluding hydrogens is 443 g/mol. The highest BCUT2D eigenvalue weighted by Gasteiger charge is 2.37. The fourth-order valence-corrected chi connectivity index (χ4v) is 5.48. The molecule has 7 heteroatoms. The van der Waals surface area contributed by atoms with E-state index in [0.29, 0.717) is 24.3 Å². The van der Waals surface area contributed by atoms with Gasteiger partial charge >= 0.3 is 12.1 Å². The molecule has 1 heterocycles. The Morgan fingerprint density at radius 1 is 1.06 bits per heavy atom. The van der Waals surface area contributed by atoms with Crippen LogP contribution in [0.15, 0.2) is 30.3 Å². The van der Waals surface area contributed by atoms with Crippen molar-refractivity contribution in [1.29, 1.82) is 0 Å². The molecule has 1 saturated carbocycles. The number of likely N-dealkylation sites (tertiary alicyclic amines) is 1. The second kappa shape index (κ2) is 10.5. The molecule has 0 N–H and O–H groups in total. The summed E-state index contributed by atoms with van der Waals surface area (Å²) >= 11 is 0. The van der Waals surface area contributed by atoms with Gasteiger partial charge in [-0.15, -0.1) is 0 Å². The zero-order chi connectivity index (χ0) is 24.3. The average molecular weight is 478 g/mol. The molecule has 2 aromatic rings. The summed E-state index contributed by atoms with van der Waals surface area (Å²) in [6.07, 6.45) is 1.16. The molecule has 2 fully saturated rings. The Bertz CT molecular complexity index is 999. The largest absolute Gasteiger partial charge is 0.490 e. The summed E-state index contributed by atoms with van der Waals surface area (Å²) in [5.74, 6) is 0.530. The van der Waals surface area contributed by atoms with Crippen molar-refractivity contribution in [3.05, 3.63) is 41.5 Å². The number of halogens is 3. The standard InChI is InChI=1S/C27H34F3NO3/c1-18-8-10-21(11-9-18)34-24-13-12-22-20(6-3-7-23(22)26(24)27(28,29)30)17-31-14-4-5-19(16-31)15-25(32)33-2/h3,6-7,12-13,18-19,21H,4-5,8-11,14-17H2,1-2H3. The maximum Gasteiger partial charge on any atom is 0.420 e. The predicted octanol–water partition coefficient (Wildman–Crippen LogP) is 6.59. The Hall–Kier alpha value is -2.28. The Morgan fingerprint density at radius 2 is 1.82 bits per heavy atom. The number of alkyl halides is 3. The van der Waals surface area contributed by atoms with Crippen molar-refractivity contribution in [3.63, 3.8) is 0 Å². The molecule has 0 radical (unpaired) electrons. The van der Waals surface area contributed by atoms with Gasteiger partial charge in [-0.25, -0.2) is 0 Å². The van der Waals surface area contributed by atoms with Crippen LogP contribution in [0.1, 0.15) is 63.0 Å². The molecular formula is C27H34F3NO3. The van der Waals surface area contributed by atoms with E-state index in [0.717, 1.165) is 57.2 Å². The van der Waals surface area contributed by atoms with Gasteiger partial charge < -0.3 is 9.47 Å². The van der Waals surface area contributed by atoms with Crippen LogP contribution >= 0.6 is 0 Å². The fraction of sp³-hybridized carbons (Fsp3) is 0.593. The number of rotatable bonds is 6. The molecule has 2 aliphatic rings. The number of esters is 1. The smallest absolute Gasteiger partial charge is 0.420 e. The second-order valence-electron chi connectivity index (χ2n) is 9.97. The number of nitrogens with zero attached hydrogens (tertiary/aromatic N) is 1. The zero-order valence-corrected chi connectivity index (χ0v) is 20.0. The summed E-state index contributed by atoms with van der Waals surface area (Å²) in [6.45, 7) is 4.32. The highest BCUT2D eigenvalue weighted by molar-refractivity contribution is 5.91. The molecule has 1 aliphatic carbocycles. The topological polar surface area (TPSA) is 38.8 Å². The molecule has 186 valence electrons. The van der Waals surface area contributed by atoms with Gasteiger partial charge in [0.2, 0.25) is 0 Å². The van der Waals surface area contributed by atoms with Gasteiger partial charge in [0.1, 0.15) is 11.3 Å². The monoisotopic (exact) mass is 477 g/mol. The summed E-state index contributed by atoms with van der Waals surface area (Å²) in [7, 11) is 1.39. The molecule has 1 atom stereocenters. The van der Waals surface area contributed by atoms with Gasteiger partial charge in [0.15, 0.2) is 0 Å². The van der Waals surface area contributed by atoms with Gasteiger partial charge in [-0.1, -0.05) is 31.2 Å². The highest BCUT2D eigenvalue weighted by Crippen LogP contribution is 2.43. The molecule has 2 aromatic carbocycles. The van der Waals surface area contributed by atoms with Crippen LogP contribution in [0.2, 0.25) is 0 Å². The van der Waals surface area contributed by atoms with Crippen LogP contribution in [0, 0.1) is 11.8 Å². The number of ether oxygens (including phenoxy) is 2. The lowest BCUT2D eigenvalue weighted by atomic mass is 9.89. The number of methoxy groups -OCH3 is 1. The first-order valence-electron chi connectivity index (χ1n) is 12.3. The summed E-state index contributed by atoms with van der Waals surface area (Å²) in [5, 5.41) is 0.796. The maximum absolute atomic E-state index is 14.3. The summed E-state index contributed by atoms with van der Waals surface area (Å²) in [5.41, 5.74) is 0.187. The molecule has 0 spiro atoms. The molecule has 1 saturated heterocycles. The maximum atomic E-state index is 14.3. The summed E-state index contributed by atoms with van der Waals surface area (Å²) in [4.78, 5) is 13.9. The number of hydrogen-bond donors (Lipinski definition) is 0. The quantitative estimate of drug-likeness (QED) is 0.440. The first kappa shape index (κ1) is 24.8. The van der Waals surface area contributed by atoms with Crippen molar-refractivity contribution in [2.75, 3.05) is 20.2 Å². The van der Waals surface area contributed by atoms with Gasteiger partial charge in [-0.3, -0.25) is 9.69 Å². The zero-order valence-electron chi connectivity index (χ0n) is 20.0. The summed E-state index contributed by atoms with van der Waals surface area (Å²) < 4.78 is 53.5. The van der Waals surface area contributed by atoms with Crippen LogP contribution < -0.4 is 4.74 Å². The van der Waals surface area contributed by atoms with Crippen LogP contribution in [0.3, 0.4) is 0 Å². The van der Waals surface area contributed by atoms with Crippen LogP contribution in [0.25, 0.3) is 10.8 Å². The van der Waals surface area contributed by atoms with Gasteiger partial charge in [0.25, 0.3) is 0 Å². The summed E-state index contributed by atoms with van der Waals surface area (Å²) in [6, 6.07) is 8.43. The van der Waals surface area contributed by atoms with Crippen molar-refractivity contribution in [2.24, 2.45) is 11.8 Å². The van der Waals surface area contributed by atoms with Crippen molar-refractivity contribution in [2.45, 2.75) is 70.7 Å². The van der Waals surface area contributed by atoms with Gasteiger partial charge in [0, 0.05) is 19.5 Å². The van der Waals surface area contributed by atoms with E-state index in [-0.39, 0.29) is 29.1 Å². The van der Waals surface area contributed by atoms with Crippen molar-refractivity contribution < 1.29 is 27.4 Å². The van der Waals surface area contributed by atoms with E-state index in [2.05, 4.69) is 11.8 Å². The lowest BCUT2D eigenvalue weighted by Crippen LogP contribution is -2.36. The molecule has 1 aliphatic heterocycles. The number of piperidine rings is 1. The molecule has 4 rings (SSSR count). The Labute approximate surface area is 199 Å². The van der Waals surface area contributed by atoms with Crippen LogP contribution in [0.4, 0.5) is 13.2 Å². The minimum absolute atomic E-state index is 0.0622. The van der Waals surface area contributed by atoms with E-state index < -0.39 is 11.7 Å². The van der Waals surface area contributed by atoms with Gasteiger partial charge in [0.05, 0.1) is 13.2 Å².